The van der Waals surface area contributed by atoms with Gasteiger partial charge in [0.15, 0.2) is 0 Å². The number of carbonyl (C=O) groups is 2. The van der Waals surface area contributed by atoms with Crippen LogP contribution in [0, 0.1) is 0 Å². The van der Waals surface area contributed by atoms with Gasteiger partial charge in [-0.25, -0.2) is 9.78 Å². The fourth-order valence-electron chi connectivity index (χ4n) is 3.69. The number of likely N-dealkylation sites (N-methyl/N-ethyl adjacent to an activating group) is 1. The van der Waals surface area contributed by atoms with Crippen molar-refractivity contribution in [2.45, 2.75) is 20.0 Å². The Bertz CT molecular complexity index is 1100. The molecule has 1 aromatic heterocycles. The predicted molar refractivity (Wildman–Crippen MR) is 132 cm³/mol. The molecule has 2 heterocycles. The van der Waals surface area contributed by atoms with E-state index in [9.17, 15) is 22.8 Å². The smallest absolute Gasteiger partial charge is 0.353 e. The number of nitrogens with zero attached hydrogens (tertiary/aromatic N) is 4. The highest BCUT2D eigenvalue weighted by Crippen LogP contribution is 2.29. The van der Waals surface area contributed by atoms with E-state index in [4.69, 9.17) is 0 Å². The molecule has 0 saturated carbocycles. The van der Waals surface area contributed by atoms with Gasteiger partial charge in [0.05, 0.1) is 11.3 Å². The minimum Gasteiger partial charge on any atom is -0.353 e. The number of alkyl halides is 3. The summed E-state index contributed by atoms with van der Waals surface area (Å²) in [5.41, 5.74) is 0.109. The van der Waals surface area contributed by atoms with Crippen molar-refractivity contribution in [3.05, 3.63) is 78.4 Å². The van der Waals surface area contributed by atoms with Gasteiger partial charge in [0.25, 0.3) is 5.91 Å². The first-order chi connectivity index (χ1) is 17.1. The van der Waals surface area contributed by atoms with Gasteiger partial charge in [0, 0.05) is 56.5 Å². The standard InChI is InChI=1S/C25H29F3N6O2/c1-4-32(17-18(2)30-24(36)31-21-10-8-20(9-11-21)25(26,27)28)19(3)23(35)34-15-13-33(14-16-34)22-7-5-6-12-29-22/h5-12,17H,3-4,13-16H2,1-2H3,(H2,30,31,36)/b18-17+. The molecule has 36 heavy (non-hydrogen) atoms. The first-order valence-electron chi connectivity index (χ1n) is 11.4. The van der Waals surface area contributed by atoms with Crippen molar-refractivity contribution >= 4 is 23.4 Å². The molecule has 2 N–H and O–H groups in total. The zero-order valence-electron chi connectivity index (χ0n) is 20.2. The molecule has 192 valence electrons. The Labute approximate surface area is 208 Å². The van der Waals surface area contributed by atoms with Crippen LogP contribution < -0.4 is 15.5 Å². The van der Waals surface area contributed by atoms with Gasteiger partial charge in [0.2, 0.25) is 0 Å². The van der Waals surface area contributed by atoms with E-state index in [-0.39, 0.29) is 17.3 Å². The number of hydrogen-bond acceptors (Lipinski definition) is 5. The van der Waals surface area contributed by atoms with E-state index in [1.165, 1.54) is 12.1 Å². The molecular weight excluding hydrogens is 473 g/mol. The van der Waals surface area contributed by atoms with E-state index < -0.39 is 17.8 Å². The van der Waals surface area contributed by atoms with Gasteiger partial charge in [-0.3, -0.25) is 4.79 Å². The first kappa shape index (κ1) is 26.6. The van der Waals surface area contributed by atoms with Crippen molar-refractivity contribution in [2.24, 2.45) is 0 Å². The number of halogens is 3. The summed E-state index contributed by atoms with van der Waals surface area (Å²) in [6.07, 6.45) is -1.12. The van der Waals surface area contributed by atoms with Crippen LogP contribution in [0.25, 0.3) is 0 Å². The van der Waals surface area contributed by atoms with Crippen LogP contribution in [0.3, 0.4) is 0 Å². The van der Waals surface area contributed by atoms with Crippen LogP contribution >= 0.6 is 0 Å². The van der Waals surface area contributed by atoms with Crippen LogP contribution in [-0.2, 0) is 11.0 Å². The van der Waals surface area contributed by atoms with Crippen molar-refractivity contribution < 1.29 is 22.8 Å². The summed E-state index contributed by atoms with van der Waals surface area (Å²) >= 11 is 0. The molecule has 1 aliphatic heterocycles. The SMILES string of the molecule is C=C(C(=O)N1CCN(c2ccccn2)CC1)N(/C=C(\C)NC(=O)Nc1ccc(C(F)(F)F)cc1)CC. The Hall–Kier alpha value is -4.02. The minimum absolute atomic E-state index is 0.198. The fourth-order valence-corrected chi connectivity index (χ4v) is 3.69. The van der Waals surface area contributed by atoms with Crippen LogP contribution in [0.1, 0.15) is 19.4 Å². The molecule has 1 fully saturated rings. The van der Waals surface area contributed by atoms with Crippen molar-refractivity contribution in [1.82, 2.24) is 20.1 Å². The van der Waals surface area contributed by atoms with Crippen LogP contribution in [0.15, 0.2) is 72.8 Å². The maximum Gasteiger partial charge on any atom is 0.416 e. The van der Waals surface area contributed by atoms with Crippen molar-refractivity contribution in [2.75, 3.05) is 42.9 Å². The van der Waals surface area contributed by atoms with E-state index in [0.29, 0.717) is 38.4 Å². The van der Waals surface area contributed by atoms with Crippen molar-refractivity contribution in [3.8, 4) is 0 Å². The predicted octanol–water partition coefficient (Wildman–Crippen LogP) is 4.27. The van der Waals surface area contributed by atoms with Gasteiger partial charge >= 0.3 is 12.2 Å². The van der Waals surface area contributed by atoms with E-state index in [1.807, 2.05) is 25.1 Å². The maximum atomic E-state index is 13.0. The Morgan fingerprint density at radius 3 is 2.33 bits per heavy atom. The molecule has 0 atom stereocenters. The van der Waals surface area contributed by atoms with E-state index in [2.05, 4.69) is 27.1 Å². The number of pyridine rings is 1. The third kappa shape index (κ3) is 7.00. The third-order valence-electron chi connectivity index (χ3n) is 5.60. The zero-order chi connectivity index (χ0) is 26.3. The van der Waals surface area contributed by atoms with E-state index in [0.717, 1.165) is 18.0 Å². The molecule has 11 heteroatoms. The van der Waals surface area contributed by atoms with Gasteiger partial charge < -0.3 is 25.3 Å². The van der Waals surface area contributed by atoms with Gasteiger partial charge in [0.1, 0.15) is 5.82 Å². The summed E-state index contributed by atoms with van der Waals surface area (Å²) in [5.74, 6) is 0.675. The topological polar surface area (TPSA) is 80.8 Å². The summed E-state index contributed by atoms with van der Waals surface area (Å²) in [6, 6.07) is 9.22. The molecule has 0 radical (unpaired) electrons. The number of urea groups is 1. The monoisotopic (exact) mass is 502 g/mol. The molecule has 1 saturated heterocycles. The molecule has 3 amide bonds. The molecule has 0 bridgehead atoms. The van der Waals surface area contributed by atoms with Crippen molar-refractivity contribution in [1.29, 1.82) is 0 Å². The quantitative estimate of drug-likeness (QED) is 0.553. The molecule has 1 aliphatic rings. The summed E-state index contributed by atoms with van der Waals surface area (Å²) in [7, 11) is 0. The first-order valence-corrected chi connectivity index (χ1v) is 11.4. The lowest BCUT2D eigenvalue weighted by atomic mass is 10.2. The number of nitrogens with one attached hydrogen (secondary N) is 2. The molecule has 1 aromatic carbocycles. The molecule has 3 rings (SSSR count). The van der Waals surface area contributed by atoms with Gasteiger partial charge in [-0.1, -0.05) is 12.6 Å². The minimum atomic E-state index is -4.45. The molecule has 0 aliphatic carbocycles. The molecule has 0 spiro atoms. The lowest BCUT2D eigenvalue weighted by Gasteiger charge is -2.36. The number of allylic oxidation sites excluding steroid dienone is 1. The summed E-state index contributed by atoms with van der Waals surface area (Å²) in [6.45, 7) is 10.3. The normalized spacial score (nSPS) is 14.3. The average Bonchev–Trinajstić information content (AvgIpc) is 2.86. The molecular formula is C25H29F3N6O2. The number of aromatic nitrogens is 1. The Balaban J connectivity index is 1.53. The molecule has 0 unspecified atom stereocenters. The number of benzene rings is 1. The Morgan fingerprint density at radius 1 is 1.11 bits per heavy atom. The average molecular weight is 503 g/mol. The number of hydrogen-bond donors (Lipinski definition) is 2. The van der Waals surface area contributed by atoms with Gasteiger partial charge in [-0.15, -0.1) is 0 Å². The second-order valence-electron chi connectivity index (χ2n) is 8.17. The lowest BCUT2D eigenvalue weighted by Crippen LogP contribution is -2.50. The number of anilines is 2. The van der Waals surface area contributed by atoms with Crippen LogP contribution in [0.4, 0.5) is 29.5 Å². The van der Waals surface area contributed by atoms with Gasteiger partial charge in [-0.05, 0) is 50.2 Å². The summed E-state index contributed by atoms with van der Waals surface area (Å²) in [4.78, 5) is 35.1. The van der Waals surface area contributed by atoms with Crippen LogP contribution in [-0.4, -0.2) is 59.4 Å². The van der Waals surface area contributed by atoms with Crippen LogP contribution in [0.5, 0.6) is 0 Å². The molecule has 2 aromatic rings. The number of carbonyl (C=O) groups excluding carboxylic acids is 2. The van der Waals surface area contributed by atoms with Crippen molar-refractivity contribution in [3.63, 3.8) is 0 Å². The summed E-state index contributed by atoms with van der Waals surface area (Å²) in [5, 5.41) is 5.08. The highest BCUT2D eigenvalue weighted by Gasteiger charge is 2.30. The number of amides is 3. The second-order valence-corrected chi connectivity index (χ2v) is 8.17. The van der Waals surface area contributed by atoms with Crippen LogP contribution in [0.2, 0.25) is 0 Å². The van der Waals surface area contributed by atoms with E-state index >= 15 is 0 Å². The van der Waals surface area contributed by atoms with E-state index in [1.54, 1.807) is 29.1 Å². The van der Waals surface area contributed by atoms with Gasteiger partial charge in [-0.2, -0.15) is 13.2 Å². The highest BCUT2D eigenvalue weighted by atomic mass is 19.4. The molecule has 8 nitrogen and oxygen atoms in total. The maximum absolute atomic E-state index is 13.0. The zero-order valence-corrected chi connectivity index (χ0v) is 20.2. The second kappa shape index (κ2) is 11.6. The Morgan fingerprint density at radius 2 is 1.78 bits per heavy atom. The number of piperazine rings is 1. The Kier molecular flexibility index (Phi) is 8.57. The third-order valence-corrected chi connectivity index (χ3v) is 5.60. The lowest BCUT2D eigenvalue weighted by molar-refractivity contribution is -0.137. The highest BCUT2D eigenvalue weighted by molar-refractivity contribution is 5.93. The largest absolute Gasteiger partial charge is 0.416 e. The fraction of sp³-hybridized carbons (Fsp3) is 0.320. The number of rotatable bonds is 7. The summed E-state index contributed by atoms with van der Waals surface area (Å²) < 4.78 is 38.1.